The van der Waals surface area contributed by atoms with E-state index in [1.54, 1.807) is 6.20 Å². The number of likely N-dealkylation sites (tertiary alicyclic amines) is 1. The minimum Gasteiger partial charge on any atom is -0.380 e. The Balaban J connectivity index is 1.50. The molecule has 110 valence electrons. The zero-order chi connectivity index (χ0) is 14.5. The van der Waals surface area contributed by atoms with Gasteiger partial charge in [-0.3, -0.25) is 4.90 Å². The van der Waals surface area contributed by atoms with Crippen molar-refractivity contribution in [2.75, 3.05) is 18.4 Å². The Morgan fingerprint density at radius 2 is 1.86 bits per heavy atom. The molecule has 1 aromatic heterocycles. The summed E-state index contributed by atoms with van der Waals surface area (Å²) in [4.78, 5) is 6.79. The molecule has 0 spiro atoms. The molecule has 1 saturated heterocycles. The number of benzene rings is 1. The van der Waals surface area contributed by atoms with Crippen LogP contribution in [0.4, 0.5) is 5.69 Å². The van der Waals surface area contributed by atoms with Crippen molar-refractivity contribution in [2.45, 2.75) is 25.4 Å². The minimum absolute atomic E-state index is 0.539. The molecule has 1 N–H and O–H groups in total. The molecule has 1 fully saturated rings. The lowest BCUT2D eigenvalue weighted by molar-refractivity contribution is 0.211. The molecule has 21 heavy (non-hydrogen) atoms. The maximum absolute atomic E-state index is 4.26. The summed E-state index contributed by atoms with van der Waals surface area (Å²) < 4.78 is 0.900. The number of hydrogen-bond acceptors (Lipinski definition) is 3. The van der Waals surface area contributed by atoms with Crippen LogP contribution in [-0.2, 0) is 6.54 Å². The largest absolute Gasteiger partial charge is 0.380 e. The molecule has 0 atom stereocenters. The zero-order valence-corrected chi connectivity index (χ0v) is 13.6. The number of rotatable bonds is 4. The smallest absolute Gasteiger partial charge is 0.129 e. The van der Waals surface area contributed by atoms with Gasteiger partial charge in [-0.15, -0.1) is 0 Å². The van der Waals surface area contributed by atoms with Gasteiger partial charge >= 0.3 is 0 Å². The number of nitrogens with zero attached hydrogens (tertiary/aromatic N) is 2. The Morgan fingerprint density at radius 1 is 1.10 bits per heavy atom. The highest BCUT2D eigenvalue weighted by Crippen LogP contribution is 2.23. The van der Waals surface area contributed by atoms with Crippen molar-refractivity contribution in [3.63, 3.8) is 0 Å². The molecule has 0 radical (unpaired) electrons. The normalized spacial score (nSPS) is 16.8. The monoisotopic (exact) mass is 345 g/mol. The van der Waals surface area contributed by atoms with Gasteiger partial charge in [-0.05, 0) is 46.5 Å². The third-order valence-electron chi connectivity index (χ3n) is 3.96. The van der Waals surface area contributed by atoms with Crippen LogP contribution in [0, 0.1) is 0 Å². The maximum atomic E-state index is 4.26. The zero-order valence-electron chi connectivity index (χ0n) is 12.0. The van der Waals surface area contributed by atoms with Crippen molar-refractivity contribution in [3.05, 3.63) is 58.8 Å². The van der Waals surface area contributed by atoms with Crippen molar-refractivity contribution >= 4 is 21.6 Å². The summed E-state index contributed by atoms with van der Waals surface area (Å²) in [6, 6.07) is 15.3. The van der Waals surface area contributed by atoms with Crippen molar-refractivity contribution in [3.8, 4) is 0 Å². The van der Waals surface area contributed by atoms with Crippen LogP contribution in [0.1, 0.15) is 18.4 Å². The minimum atomic E-state index is 0.539. The van der Waals surface area contributed by atoms with Crippen LogP contribution < -0.4 is 5.32 Å². The highest BCUT2D eigenvalue weighted by atomic mass is 79.9. The van der Waals surface area contributed by atoms with Gasteiger partial charge in [0.1, 0.15) is 4.60 Å². The Morgan fingerprint density at radius 3 is 2.57 bits per heavy atom. The third kappa shape index (κ3) is 4.05. The van der Waals surface area contributed by atoms with E-state index in [1.165, 1.54) is 18.4 Å². The molecular weight excluding hydrogens is 326 g/mol. The first kappa shape index (κ1) is 14.5. The maximum Gasteiger partial charge on any atom is 0.129 e. The molecule has 4 heteroatoms. The molecule has 1 aliphatic heterocycles. The molecule has 0 unspecified atom stereocenters. The lowest BCUT2D eigenvalue weighted by Gasteiger charge is -2.33. The second-order valence-corrected chi connectivity index (χ2v) is 6.27. The fourth-order valence-electron chi connectivity index (χ4n) is 2.79. The molecule has 0 saturated carbocycles. The van der Waals surface area contributed by atoms with Crippen molar-refractivity contribution < 1.29 is 0 Å². The summed E-state index contributed by atoms with van der Waals surface area (Å²) >= 11 is 3.50. The van der Waals surface area contributed by atoms with E-state index in [4.69, 9.17) is 0 Å². The summed E-state index contributed by atoms with van der Waals surface area (Å²) in [5, 5.41) is 3.60. The number of halogens is 1. The average molecular weight is 346 g/mol. The van der Waals surface area contributed by atoms with Gasteiger partial charge in [-0.1, -0.05) is 30.3 Å². The quantitative estimate of drug-likeness (QED) is 0.851. The van der Waals surface area contributed by atoms with Crippen LogP contribution >= 0.6 is 15.9 Å². The Kier molecular flexibility index (Phi) is 4.88. The summed E-state index contributed by atoms with van der Waals surface area (Å²) in [7, 11) is 0. The molecule has 0 amide bonds. The van der Waals surface area contributed by atoms with Crippen LogP contribution in [0.15, 0.2) is 53.3 Å². The van der Waals surface area contributed by atoms with Gasteiger partial charge in [-0.25, -0.2) is 4.98 Å². The molecule has 3 nitrogen and oxygen atoms in total. The number of nitrogens with one attached hydrogen (secondary N) is 1. The van der Waals surface area contributed by atoms with Crippen molar-refractivity contribution in [1.29, 1.82) is 0 Å². The van der Waals surface area contributed by atoms with E-state index in [1.807, 2.05) is 6.07 Å². The Bertz CT molecular complexity index is 565. The SMILES string of the molecule is Brc1ncccc1NC1CCN(Cc2ccccc2)CC1. The van der Waals surface area contributed by atoms with Gasteiger partial charge in [-0.2, -0.15) is 0 Å². The first-order valence-electron chi connectivity index (χ1n) is 7.44. The number of hydrogen-bond donors (Lipinski definition) is 1. The molecule has 3 rings (SSSR count). The van der Waals surface area contributed by atoms with Crippen LogP contribution in [-0.4, -0.2) is 29.0 Å². The molecule has 0 aliphatic carbocycles. The van der Waals surface area contributed by atoms with E-state index in [9.17, 15) is 0 Å². The van der Waals surface area contributed by atoms with Gasteiger partial charge in [0, 0.05) is 31.9 Å². The summed E-state index contributed by atoms with van der Waals surface area (Å²) in [5.74, 6) is 0. The Hall–Kier alpha value is -1.39. The summed E-state index contributed by atoms with van der Waals surface area (Å²) in [6.45, 7) is 3.35. The van der Waals surface area contributed by atoms with Crippen molar-refractivity contribution in [2.24, 2.45) is 0 Å². The lowest BCUT2D eigenvalue weighted by atomic mass is 10.0. The van der Waals surface area contributed by atoms with E-state index in [0.717, 1.165) is 29.9 Å². The first-order valence-corrected chi connectivity index (χ1v) is 8.24. The fourth-order valence-corrected chi connectivity index (χ4v) is 3.16. The predicted molar refractivity (Wildman–Crippen MR) is 90.3 cm³/mol. The van der Waals surface area contributed by atoms with Gasteiger partial charge in [0.25, 0.3) is 0 Å². The van der Waals surface area contributed by atoms with Crippen LogP contribution in [0.25, 0.3) is 0 Å². The molecular formula is C17H20BrN3. The van der Waals surface area contributed by atoms with E-state index in [-0.39, 0.29) is 0 Å². The topological polar surface area (TPSA) is 28.2 Å². The third-order valence-corrected chi connectivity index (χ3v) is 4.59. The highest BCUT2D eigenvalue weighted by Gasteiger charge is 2.19. The predicted octanol–water partition coefficient (Wildman–Crippen LogP) is 3.92. The van der Waals surface area contributed by atoms with Crippen LogP contribution in [0.3, 0.4) is 0 Å². The van der Waals surface area contributed by atoms with Crippen LogP contribution in [0.5, 0.6) is 0 Å². The van der Waals surface area contributed by atoms with E-state index in [0.29, 0.717) is 6.04 Å². The first-order chi connectivity index (χ1) is 10.3. The second-order valence-electron chi connectivity index (χ2n) is 5.52. The molecule has 1 aliphatic rings. The van der Waals surface area contributed by atoms with E-state index < -0.39 is 0 Å². The van der Waals surface area contributed by atoms with Crippen molar-refractivity contribution in [1.82, 2.24) is 9.88 Å². The summed E-state index contributed by atoms with van der Waals surface area (Å²) in [5.41, 5.74) is 2.50. The molecule has 2 aromatic rings. The molecule has 1 aromatic carbocycles. The highest BCUT2D eigenvalue weighted by molar-refractivity contribution is 9.10. The Labute approximate surface area is 134 Å². The standard InChI is InChI=1S/C17H20BrN3/c18-17-16(7-4-10-19-17)20-15-8-11-21(12-9-15)13-14-5-2-1-3-6-14/h1-7,10,15,20H,8-9,11-13H2. The molecule has 0 bridgehead atoms. The fraction of sp³-hybridized carbons (Fsp3) is 0.353. The van der Waals surface area contributed by atoms with Crippen LogP contribution in [0.2, 0.25) is 0 Å². The van der Waals surface area contributed by atoms with E-state index >= 15 is 0 Å². The number of pyridine rings is 1. The number of aromatic nitrogens is 1. The summed E-state index contributed by atoms with van der Waals surface area (Å²) in [6.07, 6.45) is 4.15. The average Bonchev–Trinajstić information content (AvgIpc) is 2.52. The van der Waals surface area contributed by atoms with Gasteiger partial charge in [0.2, 0.25) is 0 Å². The second kappa shape index (κ2) is 7.05. The number of anilines is 1. The van der Waals surface area contributed by atoms with Gasteiger partial charge in [0.15, 0.2) is 0 Å². The number of piperidine rings is 1. The lowest BCUT2D eigenvalue weighted by Crippen LogP contribution is -2.38. The molecule has 2 heterocycles. The van der Waals surface area contributed by atoms with Gasteiger partial charge in [0.05, 0.1) is 5.69 Å². The van der Waals surface area contributed by atoms with Gasteiger partial charge < -0.3 is 5.32 Å². The van der Waals surface area contributed by atoms with E-state index in [2.05, 4.69) is 67.5 Å².